The number of nitrogens with zero attached hydrogens (tertiary/aromatic N) is 1. The van der Waals surface area contributed by atoms with Crippen LogP contribution in [0.25, 0.3) is 10.1 Å². The van der Waals surface area contributed by atoms with Crippen LogP contribution in [0.5, 0.6) is 0 Å². The minimum Gasteiger partial charge on any atom is -0.191 e. The molecule has 1 aromatic heterocycles. The fourth-order valence-corrected chi connectivity index (χ4v) is 3.73. The van der Waals surface area contributed by atoms with Gasteiger partial charge in [-0.2, -0.15) is 13.7 Å². The molecule has 82 valence electrons. The molecule has 0 radical (unpaired) electrons. The van der Waals surface area contributed by atoms with Crippen LogP contribution in [0.1, 0.15) is 4.88 Å². The van der Waals surface area contributed by atoms with Crippen LogP contribution in [-0.2, 0) is 10.2 Å². The lowest BCUT2D eigenvalue weighted by atomic mass is 10.2. The van der Waals surface area contributed by atoms with Gasteiger partial charge in [0.2, 0.25) is 0 Å². The molecule has 16 heavy (non-hydrogen) atoms. The number of thiophene rings is 1. The fraction of sp³-hybridized carbons (Fsp3) is 0. The minimum absolute atomic E-state index is 0.167. The van der Waals surface area contributed by atoms with Crippen molar-refractivity contribution >= 4 is 43.2 Å². The Morgan fingerprint density at radius 1 is 1.44 bits per heavy atom. The molecule has 0 saturated carbocycles. The maximum Gasteiger partial charge on any atom is 0.334 e. The third kappa shape index (κ3) is 1.78. The van der Waals surface area contributed by atoms with E-state index < -0.39 is 15.1 Å². The number of nitriles is 1. The number of benzene rings is 1. The van der Waals surface area contributed by atoms with E-state index in [4.69, 9.17) is 16.9 Å². The van der Waals surface area contributed by atoms with E-state index >= 15 is 0 Å². The summed E-state index contributed by atoms with van der Waals surface area (Å²) in [7, 11) is -4.90. The Morgan fingerprint density at radius 2 is 2.12 bits per heavy atom. The predicted molar refractivity (Wildman–Crippen MR) is 59.8 cm³/mol. The average Bonchev–Trinajstić information content (AvgIpc) is 2.54. The molecule has 0 N–H and O–H groups in total. The Bertz CT molecular complexity index is 715. The van der Waals surface area contributed by atoms with Gasteiger partial charge in [-0.1, -0.05) is 17.7 Å². The summed E-state index contributed by atoms with van der Waals surface area (Å²) in [6.45, 7) is 0. The van der Waals surface area contributed by atoms with E-state index in [0.29, 0.717) is 9.72 Å². The molecule has 2 aromatic rings. The molecule has 1 heterocycles. The first-order chi connectivity index (χ1) is 7.43. The van der Waals surface area contributed by atoms with Gasteiger partial charge in [0.05, 0.1) is 0 Å². The van der Waals surface area contributed by atoms with Gasteiger partial charge in [0, 0.05) is 15.1 Å². The molecule has 0 aliphatic rings. The second-order valence-corrected chi connectivity index (χ2v) is 5.72. The molecule has 2 rings (SSSR count). The van der Waals surface area contributed by atoms with Gasteiger partial charge in [-0.25, -0.2) is 0 Å². The van der Waals surface area contributed by atoms with Crippen molar-refractivity contribution in [1.29, 1.82) is 5.26 Å². The normalized spacial score (nSPS) is 11.6. The van der Waals surface area contributed by atoms with E-state index in [9.17, 15) is 12.3 Å². The Hall–Kier alpha value is -1.16. The van der Waals surface area contributed by atoms with Crippen LogP contribution in [0.3, 0.4) is 0 Å². The Labute approximate surface area is 99.9 Å². The van der Waals surface area contributed by atoms with Crippen LogP contribution < -0.4 is 0 Å². The first kappa shape index (κ1) is 11.3. The lowest BCUT2D eigenvalue weighted by molar-refractivity contribution is 0.553. The first-order valence-electron chi connectivity index (χ1n) is 4.00. The molecule has 0 spiro atoms. The number of fused-ring (bicyclic) bond motifs is 1. The SMILES string of the molecule is N#Cc1sc2cc(Cl)ccc2c1S(=O)(=O)F. The van der Waals surface area contributed by atoms with Crippen molar-refractivity contribution in [2.24, 2.45) is 0 Å². The Kier molecular flexibility index (Phi) is 2.62. The van der Waals surface area contributed by atoms with Gasteiger partial charge >= 0.3 is 10.2 Å². The molecule has 0 amide bonds. The van der Waals surface area contributed by atoms with Crippen LogP contribution in [0.4, 0.5) is 3.89 Å². The summed E-state index contributed by atoms with van der Waals surface area (Å²) in [6, 6.07) is 6.01. The highest BCUT2D eigenvalue weighted by Gasteiger charge is 2.24. The summed E-state index contributed by atoms with van der Waals surface area (Å²) in [5.41, 5.74) is 0. The molecule has 0 aliphatic carbocycles. The zero-order chi connectivity index (χ0) is 11.9. The smallest absolute Gasteiger partial charge is 0.191 e. The lowest BCUT2D eigenvalue weighted by Gasteiger charge is -1.93. The number of hydrogen-bond acceptors (Lipinski definition) is 4. The van der Waals surface area contributed by atoms with Crippen molar-refractivity contribution in [3.63, 3.8) is 0 Å². The van der Waals surface area contributed by atoms with Gasteiger partial charge in [0.15, 0.2) is 0 Å². The molecule has 0 unspecified atom stereocenters. The van der Waals surface area contributed by atoms with E-state index in [0.717, 1.165) is 11.3 Å². The van der Waals surface area contributed by atoms with E-state index in [-0.39, 0.29) is 10.3 Å². The standard InChI is InChI=1S/C9H3ClFNO2S2/c10-5-1-2-6-7(3-5)15-8(4-12)9(6)16(11,13)14/h1-3H. The van der Waals surface area contributed by atoms with Gasteiger partial charge < -0.3 is 0 Å². The van der Waals surface area contributed by atoms with E-state index in [1.165, 1.54) is 18.2 Å². The number of halogens is 2. The fourth-order valence-electron chi connectivity index (χ4n) is 1.36. The highest BCUT2D eigenvalue weighted by atomic mass is 35.5. The van der Waals surface area contributed by atoms with Crippen LogP contribution in [0.15, 0.2) is 23.1 Å². The van der Waals surface area contributed by atoms with E-state index in [2.05, 4.69) is 0 Å². The van der Waals surface area contributed by atoms with Gasteiger partial charge in [-0.15, -0.1) is 15.2 Å². The highest BCUT2D eigenvalue weighted by Crippen LogP contribution is 2.36. The van der Waals surface area contributed by atoms with Crippen LogP contribution in [0.2, 0.25) is 5.02 Å². The van der Waals surface area contributed by atoms with Crippen LogP contribution >= 0.6 is 22.9 Å². The largest absolute Gasteiger partial charge is 0.334 e. The zero-order valence-corrected chi connectivity index (χ0v) is 9.96. The second kappa shape index (κ2) is 3.70. The Balaban J connectivity index is 2.97. The number of hydrogen-bond donors (Lipinski definition) is 0. The molecule has 0 atom stereocenters. The van der Waals surface area contributed by atoms with Gasteiger partial charge in [0.1, 0.15) is 15.8 Å². The molecule has 0 fully saturated rings. The lowest BCUT2D eigenvalue weighted by Crippen LogP contribution is -1.92. The summed E-state index contributed by atoms with van der Waals surface area (Å²) < 4.78 is 35.4. The average molecular weight is 276 g/mol. The summed E-state index contributed by atoms with van der Waals surface area (Å²) in [5, 5.41) is 9.34. The molecule has 0 bridgehead atoms. The summed E-state index contributed by atoms with van der Waals surface area (Å²) >= 11 is 6.62. The van der Waals surface area contributed by atoms with Gasteiger partial charge in [-0.3, -0.25) is 0 Å². The highest BCUT2D eigenvalue weighted by molar-refractivity contribution is 7.87. The summed E-state index contributed by atoms with van der Waals surface area (Å²) in [5.74, 6) is 0. The van der Waals surface area contributed by atoms with E-state index in [1.54, 1.807) is 6.07 Å². The van der Waals surface area contributed by atoms with Crippen molar-refractivity contribution in [1.82, 2.24) is 0 Å². The molecule has 0 saturated heterocycles. The van der Waals surface area contributed by atoms with Crippen LogP contribution in [0, 0.1) is 11.3 Å². The molecular weight excluding hydrogens is 273 g/mol. The molecule has 7 heteroatoms. The molecule has 0 aliphatic heterocycles. The van der Waals surface area contributed by atoms with Crippen molar-refractivity contribution in [3.8, 4) is 6.07 Å². The van der Waals surface area contributed by atoms with Crippen LogP contribution in [-0.4, -0.2) is 8.42 Å². The predicted octanol–water partition coefficient (Wildman–Crippen LogP) is 3.08. The topological polar surface area (TPSA) is 57.9 Å². The molecular formula is C9H3ClFNO2S2. The Morgan fingerprint density at radius 3 is 2.69 bits per heavy atom. The summed E-state index contributed by atoms with van der Waals surface area (Å²) in [6.07, 6.45) is 0. The monoisotopic (exact) mass is 275 g/mol. The maximum atomic E-state index is 13.0. The van der Waals surface area contributed by atoms with Crippen molar-refractivity contribution in [2.75, 3.05) is 0 Å². The first-order valence-corrected chi connectivity index (χ1v) is 6.58. The molecule has 3 nitrogen and oxygen atoms in total. The quantitative estimate of drug-likeness (QED) is 0.752. The number of rotatable bonds is 1. The minimum atomic E-state index is -4.90. The van der Waals surface area contributed by atoms with Crippen molar-refractivity contribution in [2.45, 2.75) is 4.90 Å². The van der Waals surface area contributed by atoms with Crippen molar-refractivity contribution in [3.05, 3.63) is 28.1 Å². The van der Waals surface area contributed by atoms with Gasteiger partial charge in [0.25, 0.3) is 0 Å². The second-order valence-electron chi connectivity index (χ2n) is 2.95. The third-order valence-corrected chi connectivity index (χ3v) is 4.29. The maximum absolute atomic E-state index is 13.0. The molecule has 1 aromatic carbocycles. The zero-order valence-electron chi connectivity index (χ0n) is 7.57. The summed E-state index contributed by atoms with van der Waals surface area (Å²) in [4.78, 5) is -0.730. The van der Waals surface area contributed by atoms with Crippen molar-refractivity contribution < 1.29 is 12.3 Å². The van der Waals surface area contributed by atoms with E-state index in [1.807, 2.05) is 0 Å². The third-order valence-electron chi connectivity index (χ3n) is 1.95. The van der Waals surface area contributed by atoms with Gasteiger partial charge in [-0.05, 0) is 12.1 Å².